The number of rotatable bonds is 4. The van der Waals surface area contributed by atoms with Crippen LogP contribution in [0, 0.1) is 13.8 Å². The zero-order valence-corrected chi connectivity index (χ0v) is 12.3. The second-order valence-electron chi connectivity index (χ2n) is 4.19. The summed E-state index contributed by atoms with van der Waals surface area (Å²) in [5.74, 6) is 0.326. The number of sulfonamides is 1. The van der Waals surface area contributed by atoms with Crippen molar-refractivity contribution < 1.29 is 8.42 Å². The lowest BCUT2D eigenvalue weighted by atomic mass is 10.2. The van der Waals surface area contributed by atoms with E-state index in [0.717, 1.165) is 11.3 Å². The fourth-order valence-corrected chi connectivity index (χ4v) is 4.13. The third-order valence-electron chi connectivity index (χ3n) is 2.52. The SMILES string of the molecule is Cc1cc(C)nc(NS(=O)(=O)c2ccsc2CN)c1. The summed E-state index contributed by atoms with van der Waals surface area (Å²) in [6.45, 7) is 3.91. The highest BCUT2D eigenvalue weighted by molar-refractivity contribution is 7.92. The Hall–Kier alpha value is -1.44. The van der Waals surface area contributed by atoms with Crippen LogP contribution >= 0.6 is 11.3 Å². The first-order chi connectivity index (χ1) is 8.92. The zero-order valence-electron chi connectivity index (χ0n) is 10.7. The number of hydrogen-bond donors (Lipinski definition) is 2. The third kappa shape index (κ3) is 3.12. The quantitative estimate of drug-likeness (QED) is 0.904. The Morgan fingerprint density at radius 2 is 2.11 bits per heavy atom. The Morgan fingerprint density at radius 1 is 1.37 bits per heavy atom. The summed E-state index contributed by atoms with van der Waals surface area (Å²) >= 11 is 1.33. The number of aryl methyl sites for hydroxylation is 2. The van der Waals surface area contributed by atoms with Gasteiger partial charge in [-0.2, -0.15) is 0 Å². The highest BCUT2D eigenvalue weighted by atomic mass is 32.2. The van der Waals surface area contributed by atoms with Gasteiger partial charge in [0.25, 0.3) is 10.0 Å². The largest absolute Gasteiger partial charge is 0.326 e. The van der Waals surface area contributed by atoms with Crippen molar-refractivity contribution in [3.8, 4) is 0 Å². The Morgan fingerprint density at radius 3 is 2.74 bits per heavy atom. The molecule has 0 aliphatic rings. The molecule has 0 aromatic carbocycles. The van der Waals surface area contributed by atoms with Gasteiger partial charge in [-0.05, 0) is 43.0 Å². The van der Waals surface area contributed by atoms with Crippen LogP contribution in [0.25, 0.3) is 0 Å². The van der Waals surface area contributed by atoms with Crippen molar-refractivity contribution in [2.45, 2.75) is 25.3 Å². The van der Waals surface area contributed by atoms with E-state index < -0.39 is 10.0 Å². The van der Waals surface area contributed by atoms with Crippen molar-refractivity contribution in [3.05, 3.63) is 39.7 Å². The number of aromatic nitrogens is 1. The molecule has 0 saturated heterocycles. The van der Waals surface area contributed by atoms with Gasteiger partial charge in [-0.1, -0.05) is 0 Å². The van der Waals surface area contributed by atoms with Gasteiger partial charge in [0.1, 0.15) is 10.7 Å². The standard InChI is InChI=1S/C12H15N3O2S2/c1-8-5-9(2)14-12(6-8)15-19(16,17)11-3-4-18-10(11)7-13/h3-6H,7,13H2,1-2H3,(H,14,15). The third-order valence-corrected chi connectivity index (χ3v) is 5.03. The van der Waals surface area contributed by atoms with E-state index in [0.29, 0.717) is 10.7 Å². The van der Waals surface area contributed by atoms with Gasteiger partial charge in [-0.25, -0.2) is 13.4 Å². The molecule has 0 bridgehead atoms. The molecule has 2 rings (SSSR count). The van der Waals surface area contributed by atoms with Crippen LogP contribution in [0.2, 0.25) is 0 Å². The molecule has 0 saturated carbocycles. The predicted octanol–water partition coefficient (Wildman–Crippen LogP) is 2.02. The van der Waals surface area contributed by atoms with E-state index >= 15 is 0 Å². The van der Waals surface area contributed by atoms with E-state index in [2.05, 4.69) is 9.71 Å². The van der Waals surface area contributed by atoms with Crippen molar-refractivity contribution in [3.63, 3.8) is 0 Å². The number of pyridine rings is 1. The van der Waals surface area contributed by atoms with Crippen LogP contribution in [0.4, 0.5) is 5.82 Å². The molecule has 3 N–H and O–H groups in total. The molecule has 0 spiro atoms. The molecule has 5 nitrogen and oxygen atoms in total. The van der Waals surface area contributed by atoms with E-state index in [9.17, 15) is 8.42 Å². The molecule has 2 heterocycles. The van der Waals surface area contributed by atoms with Crippen molar-refractivity contribution in [1.82, 2.24) is 4.98 Å². The second-order valence-corrected chi connectivity index (χ2v) is 6.84. The van der Waals surface area contributed by atoms with Crippen LogP contribution in [0.1, 0.15) is 16.1 Å². The van der Waals surface area contributed by atoms with Gasteiger partial charge in [-0.15, -0.1) is 11.3 Å². The Kier molecular flexibility index (Phi) is 3.88. The molecular formula is C12H15N3O2S2. The summed E-state index contributed by atoms with van der Waals surface area (Å²) in [6, 6.07) is 5.13. The smallest absolute Gasteiger partial charge is 0.264 e. The Bertz CT molecular complexity index is 673. The van der Waals surface area contributed by atoms with Gasteiger partial charge in [0.2, 0.25) is 0 Å². The minimum atomic E-state index is -3.63. The highest BCUT2D eigenvalue weighted by Gasteiger charge is 2.19. The van der Waals surface area contributed by atoms with Crippen molar-refractivity contribution in [2.75, 3.05) is 4.72 Å². The van der Waals surface area contributed by atoms with E-state index in [1.807, 2.05) is 19.9 Å². The van der Waals surface area contributed by atoms with Gasteiger partial charge in [0.15, 0.2) is 0 Å². The van der Waals surface area contributed by atoms with Crippen molar-refractivity contribution in [1.29, 1.82) is 0 Å². The van der Waals surface area contributed by atoms with Crippen LogP contribution in [0.3, 0.4) is 0 Å². The normalized spacial score (nSPS) is 11.5. The summed E-state index contributed by atoms with van der Waals surface area (Å²) < 4.78 is 27.0. The molecule has 0 aliphatic heterocycles. The van der Waals surface area contributed by atoms with Crippen molar-refractivity contribution >= 4 is 27.2 Å². The fourth-order valence-electron chi connectivity index (χ4n) is 1.80. The Balaban J connectivity index is 2.36. The molecule has 0 atom stereocenters. The molecule has 19 heavy (non-hydrogen) atoms. The number of thiophene rings is 1. The maximum atomic E-state index is 12.3. The first-order valence-corrected chi connectivity index (χ1v) is 8.03. The topological polar surface area (TPSA) is 85.1 Å². The average molecular weight is 297 g/mol. The molecular weight excluding hydrogens is 282 g/mol. The van der Waals surface area contributed by atoms with Gasteiger partial charge in [0, 0.05) is 17.1 Å². The van der Waals surface area contributed by atoms with Gasteiger partial charge in [0.05, 0.1) is 0 Å². The van der Waals surface area contributed by atoms with Gasteiger partial charge < -0.3 is 5.73 Å². The van der Waals surface area contributed by atoms with Crippen LogP contribution in [0.5, 0.6) is 0 Å². The summed E-state index contributed by atoms with van der Waals surface area (Å²) in [5, 5.41) is 1.71. The first-order valence-electron chi connectivity index (χ1n) is 5.67. The van der Waals surface area contributed by atoms with E-state index in [-0.39, 0.29) is 11.4 Å². The van der Waals surface area contributed by atoms with Crippen molar-refractivity contribution in [2.24, 2.45) is 5.73 Å². The number of hydrogen-bond acceptors (Lipinski definition) is 5. The first kappa shape index (κ1) is 14.0. The zero-order chi connectivity index (χ0) is 14.0. The van der Waals surface area contributed by atoms with Crippen LogP contribution in [0.15, 0.2) is 28.5 Å². The van der Waals surface area contributed by atoms with Gasteiger partial charge in [-0.3, -0.25) is 4.72 Å². The maximum Gasteiger partial charge on any atom is 0.264 e. The van der Waals surface area contributed by atoms with Crippen LogP contribution in [-0.4, -0.2) is 13.4 Å². The molecule has 7 heteroatoms. The highest BCUT2D eigenvalue weighted by Crippen LogP contribution is 2.23. The lowest BCUT2D eigenvalue weighted by Crippen LogP contribution is -2.15. The molecule has 0 fully saturated rings. The average Bonchev–Trinajstić information content (AvgIpc) is 2.75. The molecule has 2 aromatic heterocycles. The number of anilines is 1. The Labute approximate surface area is 116 Å². The lowest BCUT2D eigenvalue weighted by Gasteiger charge is -2.09. The molecule has 0 amide bonds. The predicted molar refractivity (Wildman–Crippen MR) is 76.7 cm³/mol. The molecule has 0 unspecified atom stereocenters. The minimum Gasteiger partial charge on any atom is -0.326 e. The summed E-state index contributed by atoms with van der Waals surface area (Å²) in [5.41, 5.74) is 7.26. The number of nitrogens with two attached hydrogens (primary N) is 1. The summed E-state index contributed by atoms with van der Waals surface area (Å²) in [4.78, 5) is 5.03. The monoisotopic (exact) mass is 297 g/mol. The molecule has 2 aromatic rings. The number of nitrogens with zero attached hydrogens (tertiary/aromatic N) is 1. The number of nitrogens with one attached hydrogen (secondary N) is 1. The minimum absolute atomic E-state index is 0.203. The summed E-state index contributed by atoms with van der Waals surface area (Å²) in [7, 11) is -3.63. The second kappa shape index (κ2) is 5.28. The van der Waals surface area contributed by atoms with E-state index in [1.165, 1.54) is 11.3 Å². The van der Waals surface area contributed by atoms with Gasteiger partial charge >= 0.3 is 0 Å². The van der Waals surface area contributed by atoms with Crippen LogP contribution in [-0.2, 0) is 16.6 Å². The van der Waals surface area contributed by atoms with E-state index in [4.69, 9.17) is 5.73 Å². The lowest BCUT2D eigenvalue weighted by molar-refractivity contribution is 0.600. The molecule has 0 radical (unpaired) electrons. The maximum absolute atomic E-state index is 12.3. The summed E-state index contributed by atoms with van der Waals surface area (Å²) in [6.07, 6.45) is 0. The fraction of sp³-hybridized carbons (Fsp3) is 0.250. The molecule has 0 aliphatic carbocycles. The molecule has 102 valence electrons. The van der Waals surface area contributed by atoms with Crippen LogP contribution < -0.4 is 10.5 Å². The van der Waals surface area contributed by atoms with E-state index in [1.54, 1.807) is 17.5 Å².